The van der Waals surface area contributed by atoms with Gasteiger partial charge in [0.1, 0.15) is 0 Å². The molecule has 0 aromatic heterocycles. The van der Waals surface area contributed by atoms with Gasteiger partial charge in [-0.05, 0) is 30.2 Å². The molecule has 1 unspecified atom stereocenters. The Morgan fingerprint density at radius 3 is 2.85 bits per heavy atom. The van der Waals surface area contributed by atoms with Crippen LogP contribution in [0.15, 0.2) is 23.1 Å². The van der Waals surface area contributed by atoms with Crippen molar-refractivity contribution in [1.29, 1.82) is 0 Å². The molecular weight excluding hydrogens is 280 g/mol. The van der Waals surface area contributed by atoms with Crippen molar-refractivity contribution in [2.75, 3.05) is 26.4 Å². The molecule has 0 amide bonds. The van der Waals surface area contributed by atoms with E-state index in [0.717, 1.165) is 11.1 Å². The van der Waals surface area contributed by atoms with Crippen LogP contribution in [0.5, 0.6) is 0 Å². The molecule has 1 aromatic carbocycles. The second-order valence-electron chi connectivity index (χ2n) is 4.71. The number of aryl methyl sites for hydroxylation is 1. The van der Waals surface area contributed by atoms with E-state index in [0.29, 0.717) is 26.4 Å². The van der Waals surface area contributed by atoms with Crippen LogP contribution in [0.2, 0.25) is 0 Å². The van der Waals surface area contributed by atoms with E-state index < -0.39 is 10.0 Å². The molecule has 1 saturated heterocycles. The van der Waals surface area contributed by atoms with Crippen LogP contribution < -0.4 is 10.5 Å². The third kappa shape index (κ3) is 3.77. The topological polar surface area (TPSA) is 90.7 Å². The first-order valence-corrected chi connectivity index (χ1v) is 8.00. The number of ether oxygens (including phenoxy) is 2. The van der Waals surface area contributed by atoms with Crippen molar-refractivity contribution < 1.29 is 17.9 Å². The molecule has 0 radical (unpaired) electrons. The number of sulfonamides is 1. The third-order valence-electron chi connectivity index (χ3n) is 3.24. The average Bonchev–Trinajstić information content (AvgIpc) is 2.46. The normalized spacial score (nSPS) is 20.0. The van der Waals surface area contributed by atoms with Gasteiger partial charge in [-0.25, -0.2) is 13.1 Å². The highest BCUT2D eigenvalue weighted by molar-refractivity contribution is 7.89. The second-order valence-corrected chi connectivity index (χ2v) is 6.48. The van der Waals surface area contributed by atoms with E-state index >= 15 is 0 Å². The standard InChI is InChI=1S/C13H20N2O4S/c1-10-2-3-13(6-11(10)7-14)20(16,17)15-8-12-9-18-4-5-19-12/h2-3,6,12,15H,4-5,7-9,14H2,1H3. The van der Waals surface area contributed by atoms with Gasteiger partial charge in [0.25, 0.3) is 0 Å². The number of nitrogens with two attached hydrogens (primary N) is 1. The maximum atomic E-state index is 12.2. The summed E-state index contributed by atoms with van der Waals surface area (Å²) >= 11 is 0. The van der Waals surface area contributed by atoms with Crippen molar-refractivity contribution in [3.05, 3.63) is 29.3 Å². The van der Waals surface area contributed by atoms with Crippen LogP contribution in [0, 0.1) is 6.92 Å². The molecule has 1 heterocycles. The minimum atomic E-state index is -3.55. The summed E-state index contributed by atoms with van der Waals surface area (Å²) < 4.78 is 37.6. The third-order valence-corrected chi connectivity index (χ3v) is 4.66. The fourth-order valence-corrected chi connectivity index (χ4v) is 3.09. The van der Waals surface area contributed by atoms with Crippen molar-refractivity contribution in [2.45, 2.75) is 24.5 Å². The summed E-state index contributed by atoms with van der Waals surface area (Å²) in [6.07, 6.45) is -0.238. The molecular formula is C13H20N2O4S. The Morgan fingerprint density at radius 2 is 2.20 bits per heavy atom. The van der Waals surface area contributed by atoms with Gasteiger partial charge in [0.15, 0.2) is 0 Å². The first-order valence-electron chi connectivity index (χ1n) is 6.51. The molecule has 7 heteroatoms. The molecule has 0 spiro atoms. The zero-order chi connectivity index (χ0) is 14.6. The van der Waals surface area contributed by atoms with Crippen LogP contribution in [-0.4, -0.2) is 40.9 Å². The van der Waals surface area contributed by atoms with E-state index in [1.165, 1.54) is 0 Å². The van der Waals surface area contributed by atoms with Gasteiger partial charge in [-0.1, -0.05) is 6.07 Å². The van der Waals surface area contributed by atoms with Crippen molar-refractivity contribution >= 4 is 10.0 Å². The fraction of sp³-hybridized carbons (Fsp3) is 0.538. The van der Waals surface area contributed by atoms with Gasteiger partial charge < -0.3 is 15.2 Å². The highest BCUT2D eigenvalue weighted by Crippen LogP contribution is 2.15. The lowest BCUT2D eigenvalue weighted by atomic mass is 10.1. The molecule has 1 aromatic rings. The summed E-state index contributed by atoms with van der Waals surface area (Å²) in [5.74, 6) is 0. The van der Waals surface area contributed by atoms with Crippen molar-refractivity contribution in [1.82, 2.24) is 4.72 Å². The first kappa shape index (κ1) is 15.4. The van der Waals surface area contributed by atoms with Crippen LogP contribution in [0.3, 0.4) is 0 Å². The molecule has 6 nitrogen and oxygen atoms in total. The predicted octanol–water partition coefficient (Wildman–Crippen LogP) is 0.147. The molecule has 0 bridgehead atoms. The summed E-state index contributed by atoms with van der Waals surface area (Å²) in [5.41, 5.74) is 7.41. The van der Waals surface area contributed by atoms with Gasteiger partial charge >= 0.3 is 0 Å². The Bertz CT molecular complexity index is 553. The maximum Gasteiger partial charge on any atom is 0.240 e. The Morgan fingerprint density at radius 1 is 1.40 bits per heavy atom. The first-order chi connectivity index (χ1) is 9.53. The lowest BCUT2D eigenvalue weighted by Crippen LogP contribution is -2.39. The van der Waals surface area contributed by atoms with Crippen molar-refractivity contribution in [2.24, 2.45) is 5.73 Å². The molecule has 112 valence electrons. The van der Waals surface area contributed by atoms with Gasteiger partial charge in [0.05, 0.1) is 30.8 Å². The fourth-order valence-electron chi connectivity index (χ4n) is 1.98. The van der Waals surface area contributed by atoms with Gasteiger partial charge in [0.2, 0.25) is 10.0 Å². The van der Waals surface area contributed by atoms with Crippen LogP contribution in [-0.2, 0) is 26.0 Å². The number of hydrogen-bond donors (Lipinski definition) is 2. The van der Waals surface area contributed by atoms with Gasteiger partial charge in [-0.15, -0.1) is 0 Å². The highest BCUT2D eigenvalue weighted by Gasteiger charge is 2.20. The van der Waals surface area contributed by atoms with E-state index in [4.69, 9.17) is 15.2 Å². The van der Waals surface area contributed by atoms with E-state index in [-0.39, 0.29) is 17.5 Å². The lowest BCUT2D eigenvalue weighted by molar-refractivity contribution is -0.0846. The second kappa shape index (κ2) is 6.64. The van der Waals surface area contributed by atoms with Crippen LogP contribution >= 0.6 is 0 Å². The van der Waals surface area contributed by atoms with E-state index in [1.54, 1.807) is 18.2 Å². The molecule has 1 aliphatic heterocycles. The van der Waals surface area contributed by atoms with Crippen LogP contribution in [0.4, 0.5) is 0 Å². The number of rotatable bonds is 5. The molecule has 3 N–H and O–H groups in total. The number of nitrogens with one attached hydrogen (secondary N) is 1. The zero-order valence-corrected chi connectivity index (χ0v) is 12.3. The quantitative estimate of drug-likeness (QED) is 0.807. The van der Waals surface area contributed by atoms with E-state index in [9.17, 15) is 8.42 Å². The molecule has 0 aliphatic carbocycles. The summed E-state index contributed by atoms with van der Waals surface area (Å²) in [7, 11) is -3.55. The Labute approximate surface area is 119 Å². The van der Waals surface area contributed by atoms with Gasteiger partial charge in [-0.3, -0.25) is 0 Å². The van der Waals surface area contributed by atoms with E-state index in [1.807, 2.05) is 6.92 Å². The average molecular weight is 300 g/mol. The minimum Gasteiger partial charge on any atom is -0.376 e. The predicted molar refractivity (Wildman–Crippen MR) is 74.8 cm³/mol. The molecule has 1 aliphatic rings. The summed E-state index contributed by atoms with van der Waals surface area (Å²) in [6.45, 7) is 3.88. The molecule has 0 saturated carbocycles. The van der Waals surface area contributed by atoms with E-state index in [2.05, 4.69) is 4.72 Å². The molecule has 1 atom stereocenters. The SMILES string of the molecule is Cc1ccc(S(=O)(=O)NCC2COCCO2)cc1CN. The summed E-state index contributed by atoms with van der Waals surface area (Å²) in [4.78, 5) is 0.222. The smallest absolute Gasteiger partial charge is 0.240 e. The summed E-state index contributed by atoms with van der Waals surface area (Å²) in [5, 5.41) is 0. The Kier molecular flexibility index (Phi) is 5.11. The highest BCUT2D eigenvalue weighted by atomic mass is 32.2. The largest absolute Gasteiger partial charge is 0.376 e. The molecule has 20 heavy (non-hydrogen) atoms. The minimum absolute atomic E-state index is 0.203. The monoisotopic (exact) mass is 300 g/mol. The molecule has 1 fully saturated rings. The number of hydrogen-bond acceptors (Lipinski definition) is 5. The summed E-state index contributed by atoms with van der Waals surface area (Å²) in [6, 6.07) is 4.95. The molecule has 2 rings (SSSR count). The van der Waals surface area contributed by atoms with Crippen LogP contribution in [0.1, 0.15) is 11.1 Å². The van der Waals surface area contributed by atoms with Crippen molar-refractivity contribution in [3.63, 3.8) is 0 Å². The Balaban J connectivity index is 2.05. The van der Waals surface area contributed by atoms with Gasteiger partial charge in [-0.2, -0.15) is 0 Å². The Hall–Kier alpha value is -0.990. The lowest BCUT2D eigenvalue weighted by Gasteiger charge is -2.23. The number of benzene rings is 1. The van der Waals surface area contributed by atoms with Gasteiger partial charge in [0, 0.05) is 13.1 Å². The zero-order valence-electron chi connectivity index (χ0n) is 11.5. The van der Waals surface area contributed by atoms with Crippen molar-refractivity contribution in [3.8, 4) is 0 Å². The van der Waals surface area contributed by atoms with Crippen LogP contribution in [0.25, 0.3) is 0 Å². The maximum absolute atomic E-state index is 12.2.